The molecule has 8 heteroatoms. The molecule has 0 saturated carbocycles. The Labute approximate surface area is 145 Å². The van der Waals surface area contributed by atoms with Crippen LogP contribution < -0.4 is 5.56 Å². The van der Waals surface area contributed by atoms with E-state index in [1.165, 1.54) is 6.07 Å². The van der Waals surface area contributed by atoms with E-state index in [9.17, 15) is 9.59 Å². The van der Waals surface area contributed by atoms with Gasteiger partial charge < -0.3 is 9.42 Å². The average Bonchev–Trinajstić information content (AvgIpc) is 3.11. The number of nitrogens with one attached hydrogen (secondary N) is 1. The first kappa shape index (κ1) is 17.3. The third-order valence-corrected chi connectivity index (χ3v) is 4.50. The summed E-state index contributed by atoms with van der Waals surface area (Å²) in [6, 6.07) is 3.08. The van der Waals surface area contributed by atoms with Crippen molar-refractivity contribution >= 4 is 5.91 Å². The number of aryl methyl sites for hydroxylation is 1. The molecule has 1 fully saturated rings. The summed E-state index contributed by atoms with van der Waals surface area (Å²) in [5.74, 6) is 2.01. The highest BCUT2D eigenvalue weighted by atomic mass is 16.5. The Balaban J connectivity index is 1.48. The summed E-state index contributed by atoms with van der Waals surface area (Å²) in [4.78, 5) is 29.7. The van der Waals surface area contributed by atoms with E-state index in [2.05, 4.69) is 20.3 Å². The number of nitrogens with zero attached hydrogens (tertiary/aromatic N) is 4. The van der Waals surface area contributed by atoms with Gasteiger partial charge in [-0.3, -0.25) is 9.59 Å². The molecule has 3 rings (SSSR count). The lowest BCUT2D eigenvalue weighted by molar-refractivity contribution is -0.132. The van der Waals surface area contributed by atoms with Gasteiger partial charge in [-0.15, -0.1) is 0 Å². The molecule has 134 valence electrons. The van der Waals surface area contributed by atoms with Gasteiger partial charge in [0, 0.05) is 43.8 Å². The van der Waals surface area contributed by atoms with Crippen LogP contribution in [0.1, 0.15) is 62.4 Å². The van der Waals surface area contributed by atoms with Gasteiger partial charge in [-0.1, -0.05) is 19.0 Å². The van der Waals surface area contributed by atoms with E-state index in [4.69, 9.17) is 4.52 Å². The van der Waals surface area contributed by atoms with Crippen LogP contribution in [0, 0.1) is 0 Å². The quantitative estimate of drug-likeness (QED) is 0.883. The van der Waals surface area contributed by atoms with Gasteiger partial charge in [-0.05, 0) is 18.9 Å². The second-order valence-electron chi connectivity index (χ2n) is 6.71. The zero-order valence-corrected chi connectivity index (χ0v) is 14.6. The summed E-state index contributed by atoms with van der Waals surface area (Å²) >= 11 is 0. The number of aromatic amines is 1. The van der Waals surface area contributed by atoms with E-state index >= 15 is 0 Å². The molecule has 8 nitrogen and oxygen atoms in total. The first-order valence-corrected chi connectivity index (χ1v) is 8.69. The van der Waals surface area contributed by atoms with Gasteiger partial charge in [0.25, 0.3) is 5.56 Å². The molecule has 1 amide bonds. The normalized spacial score (nSPS) is 15.7. The minimum absolute atomic E-state index is 0.111. The van der Waals surface area contributed by atoms with E-state index in [0.717, 1.165) is 24.4 Å². The maximum Gasteiger partial charge on any atom is 0.264 e. The van der Waals surface area contributed by atoms with Crippen LogP contribution in [-0.4, -0.2) is 44.2 Å². The van der Waals surface area contributed by atoms with Crippen LogP contribution in [-0.2, 0) is 11.2 Å². The summed E-state index contributed by atoms with van der Waals surface area (Å²) in [6.07, 6.45) is 2.59. The molecule has 0 radical (unpaired) electrons. The van der Waals surface area contributed by atoms with Crippen LogP contribution in [0.4, 0.5) is 0 Å². The predicted octanol–water partition coefficient (Wildman–Crippen LogP) is 1.62. The van der Waals surface area contributed by atoms with E-state index in [0.29, 0.717) is 31.8 Å². The van der Waals surface area contributed by atoms with Crippen molar-refractivity contribution in [2.75, 3.05) is 13.1 Å². The summed E-state index contributed by atoms with van der Waals surface area (Å²) < 4.78 is 5.37. The number of H-pyrrole nitrogens is 1. The highest BCUT2D eigenvalue weighted by molar-refractivity contribution is 5.76. The van der Waals surface area contributed by atoms with E-state index in [-0.39, 0.29) is 23.3 Å². The summed E-state index contributed by atoms with van der Waals surface area (Å²) in [7, 11) is 0. The monoisotopic (exact) mass is 345 g/mol. The molecular weight excluding hydrogens is 322 g/mol. The van der Waals surface area contributed by atoms with Crippen LogP contribution in [0.15, 0.2) is 21.5 Å². The van der Waals surface area contributed by atoms with Gasteiger partial charge >= 0.3 is 0 Å². The van der Waals surface area contributed by atoms with Crippen molar-refractivity contribution in [2.24, 2.45) is 0 Å². The summed E-state index contributed by atoms with van der Waals surface area (Å²) in [5.41, 5.74) is 0.480. The Morgan fingerprint density at radius 2 is 2.12 bits per heavy atom. The maximum absolute atomic E-state index is 12.3. The van der Waals surface area contributed by atoms with Gasteiger partial charge in [0.05, 0.1) is 5.69 Å². The van der Waals surface area contributed by atoms with Crippen LogP contribution in [0.25, 0.3) is 0 Å². The predicted molar refractivity (Wildman–Crippen MR) is 90.1 cm³/mol. The lowest BCUT2D eigenvalue weighted by atomic mass is 9.96. The van der Waals surface area contributed by atoms with Crippen molar-refractivity contribution in [2.45, 2.75) is 51.4 Å². The summed E-state index contributed by atoms with van der Waals surface area (Å²) in [6.45, 7) is 5.46. The Hall–Kier alpha value is -2.51. The number of likely N-dealkylation sites (tertiary alicyclic amines) is 1. The maximum atomic E-state index is 12.3. The lowest BCUT2D eigenvalue weighted by Crippen LogP contribution is -2.38. The zero-order chi connectivity index (χ0) is 17.8. The molecule has 0 aliphatic carbocycles. The van der Waals surface area contributed by atoms with Crippen molar-refractivity contribution in [3.05, 3.63) is 39.9 Å². The van der Waals surface area contributed by atoms with Crippen LogP contribution in [0.3, 0.4) is 0 Å². The molecule has 0 spiro atoms. The van der Waals surface area contributed by atoms with E-state index < -0.39 is 0 Å². The number of carbonyl (C=O) groups is 1. The molecule has 1 saturated heterocycles. The van der Waals surface area contributed by atoms with Gasteiger partial charge in [0.1, 0.15) is 0 Å². The van der Waals surface area contributed by atoms with Gasteiger partial charge in [0.15, 0.2) is 5.82 Å². The van der Waals surface area contributed by atoms with Crippen molar-refractivity contribution in [3.8, 4) is 0 Å². The molecular formula is C17H23N5O3. The van der Waals surface area contributed by atoms with Crippen LogP contribution >= 0.6 is 0 Å². The second kappa shape index (κ2) is 7.58. The number of carbonyl (C=O) groups excluding carboxylic acids is 1. The van der Waals surface area contributed by atoms with Crippen molar-refractivity contribution in [1.82, 2.24) is 25.2 Å². The molecule has 0 aromatic carbocycles. The number of amides is 1. The smallest absolute Gasteiger partial charge is 0.264 e. The largest absolute Gasteiger partial charge is 0.343 e. The highest BCUT2D eigenvalue weighted by Crippen LogP contribution is 2.28. The van der Waals surface area contributed by atoms with Crippen molar-refractivity contribution in [1.29, 1.82) is 0 Å². The van der Waals surface area contributed by atoms with Gasteiger partial charge in [-0.25, -0.2) is 5.10 Å². The molecule has 0 atom stereocenters. The molecule has 0 bridgehead atoms. The number of hydrogen-bond acceptors (Lipinski definition) is 6. The SMILES string of the molecule is CC(C)c1noc(C2CCN(C(=O)CCc3ccc(=O)[nH]n3)CC2)n1. The number of piperidine rings is 1. The van der Waals surface area contributed by atoms with E-state index in [1.807, 2.05) is 18.7 Å². The Bertz CT molecular complexity index is 754. The Morgan fingerprint density at radius 3 is 2.72 bits per heavy atom. The molecule has 2 aromatic rings. The molecule has 3 heterocycles. The van der Waals surface area contributed by atoms with Crippen LogP contribution in [0.5, 0.6) is 0 Å². The van der Waals surface area contributed by atoms with E-state index in [1.54, 1.807) is 6.07 Å². The fourth-order valence-electron chi connectivity index (χ4n) is 2.93. The number of aromatic nitrogens is 4. The lowest BCUT2D eigenvalue weighted by Gasteiger charge is -2.30. The number of hydrogen-bond donors (Lipinski definition) is 1. The molecule has 1 N–H and O–H groups in total. The fraction of sp³-hybridized carbons (Fsp3) is 0.588. The zero-order valence-electron chi connectivity index (χ0n) is 14.6. The first-order chi connectivity index (χ1) is 12.0. The van der Waals surface area contributed by atoms with Crippen molar-refractivity contribution < 1.29 is 9.32 Å². The fourth-order valence-corrected chi connectivity index (χ4v) is 2.93. The minimum atomic E-state index is -0.237. The van der Waals surface area contributed by atoms with Gasteiger partial charge in [0.2, 0.25) is 11.8 Å². The average molecular weight is 345 g/mol. The molecule has 2 aromatic heterocycles. The standard InChI is InChI=1S/C17H23N5O3/c1-11(2)16-18-17(25-21-16)12-7-9-22(10-8-12)15(24)6-4-13-3-5-14(23)20-19-13/h3,5,11-12H,4,6-10H2,1-2H3,(H,20,23). The Morgan fingerprint density at radius 1 is 1.36 bits per heavy atom. The highest BCUT2D eigenvalue weighted by Gasteiger charge is 2.27. The minimum Gasteiger partial charge on any atom is -0.343 e. The summed E-state index contributed by atoms with van der Waals surface area (Å²) in [5, 5.41) is 10.3. The number of rotatable bonds is 5. The van der Waals surface area contributed by atoms with Crippen LogP contribution in [0.2, 0.25) is 0 Å². The third-order valence-electron chi connectivity index (χ3n) is 4.50. The molecule has 25 heavy (non-hydrogen) atoms. The molecule has 0 unspecified atom stereocenters. The second-order valence-corrected chi connectivity index (χ2v) is 6.71. The molecule has 1 aliphatic heterocycles. The van der Waals surface area contributed by atoms with Gasteiger partial charge in [-0.2, -0.15) is 10.1 Å². The Kier molecular flexibility index (Phi) is 5.25. The third kappa shape index (κ3) is 4.32. The molecule has 1 aliphatic rings. The van der Waals surface area contributed by atoms with Crippen molar-refractivity contribution in [3.63, 3.8) is 0 Å². The first-order valence-electron chi connectivity index (χ1n) is 8.69. The topological polar surface area (TPSA) is 105 Å².